The van der Waals surface area contributed by atoms with Gasteiger partial charge in [-0.15, -0.1) is 0 Å². The van der Waals surface area contributed by atoms with Gasteiger partial charge in [-0.1, -0.05) is 179 Å². The maximum absolute atomic E-state index is 12.4. The number of amides is 1. The average molecular weight is 706 g/mol. The lowest BCUT2D eigenvalue weighted by Crippen LogP contribution is -2.45. The van der Waals surface area contributed by atoms with Crippen molar-refractivity contribution in [1.29, 1.82) is 0 Å². The number of aliphatic hydroxyl groups excluding tert-OH is 2. The molecular weight excluding hydrogens is 622 g/mol. The van der Waals surface area contributed by atoms with Gasteiger partial charge < -0.3 is 20.3 Å². The molecule has 0 aliphatic heterocycles. The van der Waals surface area contributed by atoms with Crippen molar-refractivity contribution >= 4 is 11.9 Å². The predicted molar refractivity (Wildman–Crippen MR) is 213 cm³/mol. The van der Waals surface area contributed by atoms with Crippen molar-refractivity contribution in [3.63, 3.8) is 0 Å². The predicted octanol–water partition coefficient (Wildman–Crippen LogP) is 12.0. The number of rotatable bonds is 39. The van der Waals surface area contributed by atoms with Crippen LogP contribution in [0.5, 0.6) is 0 Å². The molecule has 0 aromatic carbocycles. The van der Waals surface area contributed by atoms with Crippen LogP contribution in [0.15, 0.2) is 24.3 Å². The molecule has 0 spiro atoms. The summed E-state index contributed by atoms with van der Waals surface area (Å²) in [6, 6.07) is -0.556. The van der Waals surface area contributed by atoms with Crippen LogP contribution >= 0.6 is 0 Å². The lowest BCUT2D eigenvalue weighted by molar-refractivity contribution is -0.143. The summed E-state index contributed by atoms with van der Waals surface area (Å²) < 4.78 is 5.42. The monoisotopic (exact) mass is 706 g/mol. The summed E-state index contributed by atoms with van der Waals surface area (Å²) in [5, 5.41) is 23.0. The maximum atomic E-state index is 12.4. The normalized spacial score (nSPS) is 13.0. The molecule has 0 saturated carbocycles. The fourth-order valence-corrected chi connectivity index (χ4v) is 6.38. The smallest absolute Gasteiger partial charge is 0.305 e. The highest BCUT2D eigenvalue weighted by Gasteiger charge is 2.20. The van der Waals surface area contributed by atoms with Crippen LogP contribution in [0, 0.1) is 0 Å². The third-order valence-electron chi connectivity index (χ3n) is 9.73. The number of unbranched alkanes of at least 4 members (excludes halogenated alkanes) is 24. The third kappa shape index (κ3) is 36.1. The Hall–Kier alpha value is -1.66. The van der Waals surface area contributed by atoms with Crippen LogP contribution in [-0.4, -0.2) is 47.4 Å². The summed E-state index contributed by atoms with van der Waals surface area (Å²) in [7, 11) is 0. The molecule has 6 heteroatoms. The van der Waals surface area contributed by atoms with Crippen molar-refractivity contribution in [2.24, 2.45) is 0 Å². The molecule has 0 saturated heterocycles. The molecular formula is C44H83NO5. The summed E-state index contributed by atoms with van der Waals surface area (Å²) in [6.07, 6.45) is 44.1. The zero-order valence-corrected chi connectivity index (χ0v) is 33.1. The van der Waals surface area contributed by atoms with E-state index in [2.05, 4.69) is 43.5 Å². The Bertz CT molecular complexity index is 782. The lowest BCUT2D eigenvalue weighted by Gasteiger charge is -2.22. The van der Waals surface area contributed by atoms with Gasteiger partial charge in [0, 0.05) is 12.8 Å². The Balaban J connectivity index is 3.50. The number of hydrogen-bond donors (Lipinski definition) is 3. The summed E-state index contributed by atoms with van der Waals surface area (Å²) in [4.78, 5) is 24.3. The van der Waals surface area contributed by atoms with Crippen molar-refractivity contribution in [3.8, 4) is 0 Å². The van der Waals surface area contributed by atoms with E-state index in [1.54, 1.807) is 0 Å². The largest absolute Gasteiger partial charge is 0.466 e. The van der Waals surface area contributed by atoms with Crippen molar-refractivity contribution in [1.82, 2.24) is 5.32 Å². The second-order valence-electron chi connectivity index (χ2n) is 14.7. The van der Waals surface area contributed by atoms with Gasteiger partial charge in [-0.3, -0.25) is 9.59 Å². The summed E-state index contributed by atoms with van der Waals surface area (Å²) in [6.45, 7) is 4.80. The highest BCUT2D eigenvalue weighted by atomic mass is 16.5. The molecule has 2 unspecified atom stereocenters. The number of aliphatic hydroxyl groups is 2. The van der Waals surface area contributed by atoms with Crippen molar-refractivity contribution in [2.45, 2.75) is 231 Å². The summed E-state index contributed by atoms with van der Waals surface area (Å²) in [5.74, 6) is -0.0973. The molecule has 1 amide bonds. The standard InChI is InChI=1S/C44H83NO5/c1-3-5-7-9-11-13-15-16-17-22-26-30-34-38-44(49)50-39-35-31-27-23-19-18-21-25-29-33-37-43(48)45-41(40-46)42(47)36-32-28-24-20-14-12-10-8-6-4-2/h7,9,13,15,41-42,46-47H,3-6,8,10-12,14,16-40H2,1-2H3,(H,45,48)/b9-7-,15-13-. The zero-order chi connectivity index (χ0) is 36.6. The molecule has 6 nitrogen and oxygen atoms in total. The van der Waals surface area contributed by atoms with Gasteiger partial charge in [-0.05, 0) is 51.4 Å². The van der Waals surface area contributed by atoms with Crippen molar-refractivity contribution in [3.05, 3.63) is 24.3 Å². The summed E-state index contributed by atoms with van der Waals surface area (Å²) >= 11 is 0. The minimum absolute atomic E-state index is 0.0352. The number of nitrogens with one attached hydrogen (secondary N) is 1. The quantitative estimate of drug-likeness (QED) is 0.0336. The number of esters is 1. The van der Waals surface area contributed by atoms with Gasteiger partial charge in [0.2, 0.25) is 5.91 Å². The molecule has 0 fully saturated rings. The fourth-order valence-electron chi connectivity index (χ4n) is 6.38. The molecule has 2 atom stereocenters. The van der Waals surface area contributed by atoms with Gasteiger partial charge in [0.25, 0.3) is 0 Å². The molecule has 294 valence electrons. The molecule has 0 bridgehead atoms. The van der Waals surface area contributed by atoms with E-state index < -0.39 is 12.1 Å². The highest BCUT2D eigenvalue weighted by Crippen LogP contribution is 2.15. The Labute approximate surface area is 310 Å². The zero-order valence-electron chi connectivity index (χ0n) is 33.1. The molecule has 0 aromatic rings. The van der Waals surface area contributed by atoms with E-state index >= 15 is 0 Å². The molecule has 3 N–H and O–H groups in total. The molecule has 0 rings (SSSR count). The van der Waals surface area contributed by atoms with Gasteiger partial charge in [0.1, 0.15) is 0 Å². The number of ether oxygens (including phenoxy) is 1. The van der Waals surface area contributed by atoms with E-state index in [-0.39, 0.29) is 18.5 Å². The fraction of sp³-hybridized carbons (Fsp3) is 0.864. The Morgan fingerprint density at radius 1 is 0.560 bits per heavy atom. The van der Waals surface area contributed by atoms with Crippen LogP contribution < -0.4 is 5.32 Å². The average Bonchev–Trinajstić information content (AvgIpc) is 3.11. The van der Waals surface area contributed by atoms with E-state index in [0.717, 1.165) is 70.6 Å². The van der Waals surface area contributed by atoms with Crippen molar-refractivity contribution < 1.29 is 24.5 Å². The van der Waals surface area contributed by atoms with E-state index in [4.69, 9.17) is 4.74 Å². The highest BCUT2D eigenvalue weighted by molar-refractivity contribution is 5.76. The van der Waals surface area contributed by atoms with Gasteiger partial charge in [0.15, 0.2) is 0 Å². The third-order valence-corrected chi connectivity index (χ3v) is 9.73. The number of hydrogen-bond acceptors (Lipinski definition) is 5. The van der Waals surface area contributed by atoms with E-state index in [9.17, 15) is 19.8 Å². The first kappa shape index (κ1) is 48.3. The topological polar surface area (TPSA) is 95.9 Å². The first-order chi connectivity index (χ1) is 24.5. The lowest BCUT2D eigenvalue weighted by atomic mass is 10.0. The first-order valence-electron chi connectivity index (χ1n) is 21.6. The van der Waals surface area contributed by atoms with E-state index in [1.807, 2.05) is 0 Å². The van der Waals surface area contributed by atoms with Crippen LogP contribution in [-0.2, 0) is 14.3 Å². The molecule has 0 aliphatic rings. The Morgan fingerprint density at radius 2 is 1.04 bits per heavy atom. The van der Waals surface area contributed by atoms with Gasteiger partial charge >= 0.3 is 5.97 Å². The maximum Gasteiger partial charge on any atom is 0.305 e. The van der Waals surface area contributed by atoms with Crippen LogP contribution in [0.4, 0.5) is 0 Å². The SMILES string of the molecule is CCC/C=C\C/C=C\CCCCCCCC(=O)OCCCCCCCCCCCCC(=O)NC(CO)C(O)CCCCCCCCCCCC. The number of allylic oxidation sites excluding steroid dienone is 4. The molecule has 0 aliphatic carbocycles. The number of carbonyl (C=O) groups excluding carboxylic acids is 2. The summed E-state index contributed by atoms with van der Waals surface area (Å²) in [5.41, 5.74) is 0. The molecule has 0 heterocycles. The van der Waals surface area contributed by atoms with Crippen LogP contribution in [0.25, 0.3) is 0 Å². The Morgan fingerprint density at radius 3 is 1.60 bits per heavy atom. The van der Waals surface area contributed by atoms with Gasteiger partial charge in [-0.25, -0.2) is 0 Å². The Kier molecular flexibility index (Phi) is 38.8. The molecule has 0 aromatic heterocycles. The minimum atomic E-state index is -0.677. The first-order valence-corrected chi connectivity index (χ1v) is 21.6. The minimum Gasteiger partial charge on any atom is -0.466 e. The van der Waals surface area contributed by atoms with Gasteiger partial charge in [0.05, 0.1) is 25.4 Å². The van der Waals surface area contributed by atoms with Crippen LogP contribution in [0.1, 0.15) is 219 Å². The molecule has 50 heavy (non-hydrogen) atoms. The van der Waals surface area contributed by atoms with Gasteiger partial charge in [-0.2, -0.15) is 0 Å². The second kappa shape index (κ2) is 40.1. The van der Waals surface area contributed by atoms with E-state index in [0.29, 0.717) is 25.9 Å². The van der Waals surface area contributed by atoms with Crippen LogP contribution in [0.2, 0.25) is 0 Å². The number of carbonyl (C=O) groups is 2. The van der Waals surface area contributed by atoms with Crippen LogP contribution in [0.3, 0.4) is 0 Å². The second-order valence-corrected chi connectivity index (χ2v) is 14.7. The van der Waals surface area contributed by atoms with Crippen molar-refractivity contribution in [2.75, 3.05) is 13.2 Å². The van der Waals surface area contributed by atoms with E-state index in [1.165, 1.54) is 116 Å². The molecule has 0 radical (unpaired) electrons.